The quantitative estimate of drug-likeness (QED) is 0.873. The number of hydrogen-bond donors (Lipinski definition) is 2. The molecule has 0 radical (unpaired) electrons. The average Bonchev–Trinajstić information content (AvgIpc) is 2.38. The molecule has 6 heteroatoms. The van der Waals surface area contributed by atoms with Gasteiger partial charge in [0.15, 0.2) is 0 Å². The van der Waals surface area contributed by atoms with Crippen LogP contribution in [-0.2, 0) is 0 Å². The van der Waals surface area contributed by atoms with Gasteiger partial charge < -0.3 is 15.3 Å². The highest BCUT2D eigenvalue weighted by Gasteiger charge is 2.16. The maximum absolute atomic E-state index is 12.0. The Balaban J connectivity index is 2.63. The Bertz CT molecular complexity index is 466. The monoisotopic (exact) mass is 318 g/mol. The average molecular weight is 319 g/mol. The number of nitrogens with zero attached hydrogens (tertiary/aromatic N) is 1. The van der Waals surface area contributed by atoms with Crippen LogP contribution in [0.3, 0.4) is 0 Å². The molecular formula is C14H20Cl2N2O2. The van der Waals surface area contributed by atoms with Gasteiger partial charge in [0, 0.05) is 13.6 Å². The van der Waals surface area contributed by atoms with Gasteiger partial charge in [0.1, 0.15) is 0 Å². The first kappa shape index (κ1) is 17.1. The lowest BCUT2D eigenvalue weighted by Gasteiger charge is -2.22. The summed E-state index contributed by atoms with van der Waals surface area (Å²) in [5.74, 6) is 0. The Morgan fingerprint density at radius 3 is 2.65 bits per heavy atom. The molecule has 2 unspecified atom stereocenters. The van der Waals surface area contributed by atoms with Gasteiger partial charge in [-0.25, -0.2) is 4.79 Å². The molecule has 0 aliphatic heterocycles. The van der Waals surface area contributed by atoms with Crippen molar-refractivity contribution in [3.8, 4) is 0 Å². The summed E-state index contributed by atoms with van der Waals surface area (Å²) in [7, 11) is 1.68. The van der Waals surface area contributed by atoms with Gasteiger partial charge in [-0.1, -0.05) is 35.3 Å². The zero-order valence-electron chi connectivity index (χ0n) is 11.9. The van der Waals surface area contributed by atoms with E-state index in [-0.39, 0.29) is 12.1 Å². The standard InChI is InChI=1S/C14H20Cl2N2O2/c1-9(19)7-8-18(3)14(20)17-10(2)11-5-4-6-12(15)13(11)16/h4-6,9-10,19H,7-8H2,1-3H3,(H,17,20). The van der Waals surface area contributed by atoms with Crippen LogP contribution in [0, 0.1) is 0 Å². The van der Waals surface area contributed by atoms with Gasteiger partial charge >= 0.3 is 6.03 Å². The van der Waals surface area contributed by atoms with Crippen molar-refractivity contribution in [3.05, 3.63) is 33.8 Å². The number of rotatable bonds is 5. The summed E-state index contributed by atoms with van der Waals surface area (Å²) in [6, 6.07) is 4.87. The van der Waals surface area contributed by atoms with Crippen molar-refractivity contribution in [2.75, 3.05) is 13.6 Å². The number of halogens is 2. The van der Waals surface area contributed by atoms with Crippen molar-refractivity contribution < 1.29 is 9.90 Å². The van der Waals surface area contributed by atoms with Crippen LogP contribution in [0.1, 0.15) is 31.9 Å². The summed E-state index contributed by atoms with van der Waals surface area (Å²) in [5.41, 5.74) is 0.774. The molecule has 0 aliphatic carbocycles. The van der Waals surface area contributed by atoms with Crippen LogP contribution in [-0.4, -0.2) is 35.7 Å². The lowest BCUT2D eigenvalue weighted by Crippen LogP contribution is -2.39. The Labute approximate surface area is 129 Å². The Hall–Kier alpha value is -0.970. The first-order valence-electron chi connectivity index (χ1n) is 6.46. The zero-order valence-corrected chi connectivity index (χ0v) is 13.4. The molecule has 0 bridgehead atoms. The van der Waals surface area contributed by atoms with Crippen molar-refractivity contribution in [1.82, 2.24) is 10.2 Å². The first-order chi connectivity index (χ1) is 9.32. The first-order valence-corrected chi connectivity index (χ1v) is 7.22. The molecule has 0 spiro atoms. The molecule has 0 aromatic heterocycles. The summed E-state index contributed by atoms with van der Waals surface area (Å²) in [4.78, 5) is 13.5. The van der Waals surface area contributed by atoms with E-state index in [9.17, 15) is 9.90 Å². The third-order valence-corrected chi connectivity index (χ3v) is 3.85. The van der Waals surface area contributed by atoms with Crippen LogP contribution in [0.15, 0.2) is 18.2 Å². The highest BCUT2D eigenvalue weighted by atomic mass is 35.5. The predicted molar refractivity (Wildman–Crippen MR) is 82.3 cm³/mol. The zero-order chi connectivity index (χ0) is 15.3. The molecule has 2 atom stereocenters. The van der Waals surface area contributed by atoms with Crippen molar-refractivity contribution in [3.63, 3.8) is 0 Å². The highest BCUT2D eigenvalue weighted by Crippen LogP contribution is 2.29. The smallest absolute Gasteiger partial charge is 0.317 e. The fourth-order valence-corrected chi connectivity index (χ4v) is 2.18. The van der Waals surface area contributed by atoms with Gasteiger partial charge in [0.2, 0.25) is 0 Å². The summed E-state index contributed by atoms with van der Waals surface area (Å²) in [5, 5.41) is 13.0. The van der Waals surface area contributed by atoms with Crippen molar-refractivity contribution in [1.29, 1.82) is 0 Å². The summed E-state index contributed by atoms with van der Waals surface area (Å²) < 4.78 is 0. The number of nitrogens with one attached hydrogen (secondary N) is 1. The Kier molecular flexibility index (Phi) is 6.59. The molecule has 0 saturated carbocycles. The number of urea groups is 1. The minimum Gasteiger partial charge on any atom is -0.393 e. The van der Waals surface area contributed by atoms with E-state index in [1.54, 1.807) is 26.1 Å². The largest absolute Gasteiger partial charge is 0.393 e. The van der Waals surface area contributed by atoms with Crippen molar-refractivity contribution in [2.45, 2.75) is 32.4 Å². The molecule has 4 nitrogen and oxygen atoms in total. The number of aliphatic hydroxyl groups excluding tert-OH is 1. The second kappa shape index (κ2) is 7.72. The second-order valence-corrected chi connectivity index (χ2v) is 5.66. The molecule has 0 saturated heterocycles. The molecular weight excluding hydrogens is 299 g/mol. The number of aliphatic hydroxyl groups is 1. The molecule has 20 heavy (non-hydrogen) atoms. The maximum Gasteiger partial charge on any atom is 0.317 e. The summed E-state index contributed by atoms with van der Waals surface area (Å²) in [6.45, 7) is 4.03. The van der Waals surface area contributed by atoms with E-state index in [4.69, 9.17) is 23.2 Å². The lowest BCUT2D eigenvalue weighted by atomic mass is 10.1. The Morgan fingerprint density at radius 2 is 2.05 bits per heavy atom. The van der Waals surface area contributed by atoms with E-state index in [1.165, 1.54) is 4.90 Å². The van der Waals surface area contributed by atoms with Gasteiger partial charge in [-0.05, 0) is 31.9 Å². The van der Waals surface area contributed by atoms with Crippen LogP contribution in [0.5, 0.6) is 0 Å². The predicted octanol–water partition coefficient (Wildman–Crippen LogP) is 3.47. The van der Waals surface area contributed by atoms with Gasteiger partial charge in [0.05, 0.1) is 22.2 Å². The number of amides is 2. The van der Waals surface area contributed by atoms with Crippen molar-refractivity contribution >= 4 is 29.2 Å². The molecule has 1 aromatic rings. The molecule has 0 aliphatic rings. The van der Waals surface area contributed by atoms with Crippen LogP contribution in [0.2, 0.25) is 10.0 Å². The molecule has 2 N–H and O–H groups in total. The number of carbonyl (C=O) groups excluding carboxylic acids is 1. The SMILES string of the molecule is CC(O)CCN(C)C(=O)NC(C)c1cccc(Cl)c1Cl. The van der Waals surface area contributed by atoms with Crippen LogP contribution >= 0.6 is 23.2 Å². The molecule has 0 heterocycles. The highest BCUT2D eigenvalue weighted by molar-refractivity contribution is 6.42. The minimum atomic E-state index is -0.426. The van der Waals surface area contributed by atoms with E-state index in [2.05, 4.69) is 5.32 Å². The molecule has 112 valence electrons. The fourth-order valence-electron chi connectivity index (χ4n) is 1.71. The van der Waals surface area contributed by atoms with E-state index in [0.717, 1.165) is 5.56 Å². The number of benzene rings is 1. The normalized spacial score (nSPS) is 13.7. The minimum absolute atomic E-state index is 0.214. The third-order valence-electron chi connectivity index (χ3n) is 3.02. The summed E-state index contributed by atoms with van der Waals surface area (Å²) >= 11 is 12.1. The number of carbonyl (C=O) groups is 1. The van der Waals surface area contributed by atoms with Crippen LogP contribution in [0.25, 0.3) is 0 Å². The second-order valence-electron chi connectivity index (χ2n) is 4.87. The topological polar surface area (TPSA) is 52.6 Å². The number of hydrogen-bond acceptors (Lipinski definition) is 2. The lowest BCUT2D eigenvalue weighted by molar-refractivity contribution is 0.162. The van der Waals surface area contributed by atoms with Gasteiger partial charge in [-0.3, -0.25) is 0 Å². The fraction of sp³-hybridized carbons (Fsp3) is 0.500. The molecule has 0 fully saturated rings. The van der Waals surface area contributed by atoms with E-state index in [0.29, 0.717) is 23.0 Å². The Morgan fingerprint density at radius 1 is 1.40 bits per heavy atom. The summed E-state index contributed by atoms with van der Waals surface area (Å²) in [6.07, 6.45) is 0.112. The van der Waals surface area contributed by atoms with Crippen LogP contribution < -0.4 is 5.32 Å². The maximum atomic E-state index is 12.0. The van der Waals surface area contributed by atoms with Crippen LogP contribution in [0.4, 0.5) is 4.79 Å². The van der Waals surface area contributed by atoms with Gasteiger partial charge in [-0.15, -0.1) is 0 Å². The molecule has 2 amide bonds. The molecule has 1 aromatic carbocycles. The van der Waals surface area contributed by atoms with E-state index < -0.39 is 6.10 Å². The van der Waals surface area contributed by atoms with Crippen molar-refractivity contribution in [2.24, 2.45) is 0 Å². The third kappa shape index (κ3) is 4.85. The molecule has 1 rings (SSSR count). The van der Waals surface area contributed by atoms with Gasteiger partial charge in [-0.2, -0.15) is 0 Å². The van der Waals surface area contributed by atoms with E-state index in [1.807, 2.05) is 13.0 Å². The van der Waals surface area contributed by atoms with Gasteiger partial charge in [0.25, 0.3) is 0 Å². The van der Waals surface area contributed by atoms with E-state index >= 15 is 0 Å².